The first-order valence-electron chi connectivity index (χ1n) is 13.1. The SMILES string of the molecule is O=C1CCCCCCCCCCSSCCCCCCCCCCC(=O)NC(CO)CN1. The highest BCUT2D eigenvalue weighted by atomic mass is 33.1. The van der Waals surface area contributed by atoms with E-state index in [1.807, 2.05) is 0 Å². The Kier molecular flexibility index (Phi) is 20.7. The predicted octanol–water partition coefficient (Wildman–Crippen LogP) is 6.00. The lowest BCUT2D eigenvalue weighted by atomic mass is 10.1. The molecule has 1 fully saturated rings. The summed E-state index contributed by atoms with van der Waals surface area (Å²) in [4.78, 5) is 24.1. The van der Waals surface area contributed by atoms with E-state index in [1.165, 1.54) is 88.6 Å². The van der Waals surface area contributed by atoms with Gasteiger partial charge in [0.15, 0.2) is 0 Å². The monoisotopic (exact) mass is 488 g/mol. The molecule has 0 bridgehead atoms. The topological polar surface area (TPSA) is 78.4 Å². The molecule has 0 aromatic carbocycles. The van der Waals surface area contributed by atoms with Gasteiger partial charge in [-0.2, -0.15) is 0 Å². The second-order valence-electron chi connectivity index (χ2n) is 9.05. The molecule has 1 aliphatic heterocycles. The minimum absolute atomic E-state index is 0.0150. The summed E-state index contributed by atoms with van der Waals surface area (Å²) in [6.07, 6.45) is 20.6. The first kappa shape index (κ1) is 29.6. The van der Waals surface area contributed by atoms with Crippen molar-refractivity contribution in [3.05, 3.63) is 0 Å². The number of rotatable bonds is 1. The fourth-order valence-corrected chi connectivity index (χ4v) is 6.21. The highest BCUT2D eigenvalue weighted by molar-refractivity contribution is 8.76. The van der Waals surface area contributed by atoms with Crippen LogP contribution in [0.25, 0.3) is 0 Å². The Morgan fingerprint density at radius 3 is 1.50 bits per heavy atom. The maximum absolute atomic E-state index is 12.1. The van der Waals surface area contributed by atoms with Crippen LogP contribution >= 0.6 is 21.6 Å². The second kappa shape index (κ2) is 22.4. The standard InChI is InChI=1S/C25H48N2O3S2/c28-22-23-21-26-24(29)17-13-9-5-1-3-7-11-15-19-31-32-20-16-12-8-4-2-6-10-14-18-25(30)27-23/h23,28H,1-22H2,(H,26,29)(H,27,30). The van der Waals surface area contributed by atoms with Crippen LogP contribution in [0.1, 0.15) is 116 Å². The molecule has 0 spiro atoms. The minimum Gasteiger partial charge on any atom is -0.394 e. The summed E-state index contributed by atoms with van der Waals surface area (Å²) in [6.45, 7) is 0.154. The van der Waals surface area contributed by atoms with E-state index in [0.29, 0.717) is 19.4 Å². The van der Waals surface area contributed by atoms with E-state index in [-0.39, 0.29) is 18.4 Å². The minimum atomic E-state index is -0.394. The van der Waals surface area contributed by atoms with Crippen LogP contribution in [0.2, 0.25) is 0 Å². The molecule has 1 atom stereocenters. The van der Waals surface area contributed by atoms with Gasteiger partial charge in [-0.05, 0) is 25.7 Å². The van der Waals surface area contributed by atoms with Crippen LogP contribution in [0.5, 0.6) is 0 Å². The molecule has 188 valence electrons. The lowest BCUT2D eigenvalue weighted by Gasteiger charge is -2.17. The van der Waals surface area contributed by atoms with Gasteiger partial charge in [0, 0.05) is 30.9 Å². The van der Waals surface area contributed by atoms with Gasteiger partial charge in [0.2, 0.25) is 11.8 Å². The Labute approximate surface area is 204 Å². The average molecular weight is 489 g/mol. The molecule has 5 nitrogen and oxygen atoms in total. The summed E-state index contributed by atoms with van der Waals surface area (Å²) in [5.41, 5.74) is 0. The lowest BCUT2D eigenvalue weighted by molar-refractivity contribution is -0.124. The largest absolute Gasteiger partial charge is 0.394 e. The Balaban J connectivity index is 2.26. The molecule has 0 aliphatic carbocycles. The van der Waals surface area contributed by atoms with E-state index < -0.39 is 6.04 Å². The molecule has 7 heteroatoms. The van der Waals surface area contributed by atoms with Crippen LogP contribution in [-0.4, -0.2) is 47.6 Å². The number of hydrogen-bond donors (Lipinski definition) is 3. The normalized spacial score (nSPS) is 24.5. The molecule has 32 heavy (non-hydrogen) atoms. The quantitative estimate of drug-likeness (QED) is 0.395. The molecule has 0 aromatic rings. The molecule has 0 saturated carbocycles. The number of hydrogen-bond acceptors (Lipinski definition) is 5. The van der Waals surface area contributed by atoms with Gasteiger partial charge >= 0.3 is 0 Å². The van der Waals surface area contributed by atoms with Crippen molar-refractivity contribution in [2.75, 3.05) is 24.7 Å². The van der Waals surface area contributed by atoms with Crippen LogP contribution in [0, 0.1) is 0 Å². The molecule has 1 unspecified atom stereocenters. The van der Waals surface area contributed by atoms with Gasteiger partial charge in [-0.15, -0.1) is 0 Å². The van der Waals surface area contributed by atoms with E-state index >= 15 is 0 Å². The molecule has 0 aromatic heterocycles. The maximum atomic E-state index is 12.1. The third-order valence-corrected chi connectivity index (χ3v) is 8.55. The zero-order chi connectivity index (χ0) is 23.1. The fraction of sp³-hybridized carbons (Fsp3) is 0.920. The third-order valence-electron chi connectivity index (χ3n) is 5.98. The van der Waals surface area contributed by atoms with Crippen LogP contribution in [0.4, 0.5) is 0 Å². The zero-order valence-corrected chi connectivity index (χ0v) is 21.8. The Morgan fingerprint density at radius 1 is 0.625 bits per heavy atom. The maximum Gasteiger partial charge on any atom is 0.220 e. The van der Waals surface area contributed by atoms with Gasteiger partial charge in [-0.3, -0.25) is 9.59 Å². The lowest BCUT2D eigenvalue weighted by Crippen LogP contribution is -2.45. The highest BCUT2D eigenvalue weighted by Gasteiger charge is 2.12. The van der Waals surface area contributed by atoms with Gasteiger partial charge < -0.3 is 15.7 Å². The van der Waals surface area contributed by atoms with Crippen LogP contribution in [0.15, 0.2) is 0 Å². The van der Waals surface area contributed by atoms with Crippen molar-refractivity contribution in [3.63, 3.8) is 0 Å². The van der Waals surface area contributed by atoms with Crippen molar-refractivity contribution < 1.29 is 14.7 Å². The van der Waals surface area contributed by atoms with Crippen LogP contribution in [0.3, 0.4) is 0 Å². The Hall–Kier alpha value is -0.400. The number of carbonyl (C=O) groups is 2. The number of aliphatic hydroxyl groups is 1. The summed E-state index contributed by atoms with van der Waals surface area (Å²) in [6, 6.07) is -0.394. The van der Waals surface area contributed by atoms with Crippen molar-refractivity contribution >= 4 is 33.4 Å². The first-order valence-corrected chi connectivity index (χ1v) is 15.6. The number of aliphatic hydroxyl groups excluding tert-OH is 1. The Morgan fingerprint density at radius 2 is 1.03 bits per heavy atom. The van der Waals surface area contributed by atoms with Gasteiger partial charge in [-0.25, -0.2) is 0 Å². The van der Waals surface area contributed by atoms with E-state index in [9.17, 15) is 14.7 Å². The van der Waals surface area contributed by atoms with E-state index in [1.54, 1.807) is 0 Å². The summed E-state index contributed by atoms with van der Waals surface area (Å²) in [5.74, 6) is 2.56. The molecule has 1 heterocycles. The summed E-state index contributed by atoms with van der Waals surface area (Å²) >= 11 is 0. The van der Waals surface area contributed by atoms with Crippen molar-refractivity contribution in [3.8, 4) is 0 Å². The zero-order valence-electron chi connectivity index (χ0n) is 20.2. The van der Waals surface area contributed by atoms with E-state index in [4.69, 9.17) is 0 Å². The van der Waals surface area contributed by atoms with Crippen molar-refractivity contribution in [2.45, 2.75) is 122 Å². The summed E-state index contributed by atoms with van der Waals surface area (Å²) in [7, 11) is 4.10. The van der Waals surface area contributed by atoms with Gasteiger partial charge in [0.1, 0.15) is 0 Å². The summed E-state index contributed by atoms with van der Waals surface area (Å²) in [5, 5.41) is 15.2. The number of nitrogens with one attached hydrogen (secondary N) is 2. The molecule has 3 N–H and O–H groups in total. The smallest absolute Gasteiger partial charge is 0.220 e. The molecule has 1 aliphatic rings. The molecule has 2 amide bonds. The van der Waals surface area contributed by atoms with E-state index in [0.717, 1.165) is 25.7 Å². The molecule has 0 radical (unpaired) electrons. The Bertz CT molecular complexity index is 466. The average Bonchev–Trinajstić information content (AvgIpc) is 2.79. The first-order chi connectivity index (χ1) is 15.7. The van der Waals surface area contributed by atoms with Gasteiger partial charge in [-0.1, -0.05) is 98.6 Å². The summed E-state index contributed by atoms with van der Waals surface area (Å²) < 4.78 is 0. The molecule has 1 saturated heterocycles. The number of amides is 2. The van der Waals surface area contributed by atoms with Crippen molar-refractivity contribution in [2.24, 2.45) is 0 Å². The van der Waals surface area contributed by atoms with Crippen molar-refractivity contribution in [1.82, 2.24) is 10.6 Å². The predicted molar refractivity (Wildman–Crippen MR) is 140 cm³/mol. The van der Waals surface area contributed by atoms with Crippen LogP contribution < -0.4 is 10.6 Å². The van der Waals surface area contributed by atoms with E-state index in [2.05, 4.69) is 32.2 Å². The molecule has 1 rings (SSSR count). The fourth-order valence-electron chi connectivity index (χ4n) is 3.92. The molecular formula is C25H48N2O3S2. The number of carbonyl (C=O) groups excluding carboxylic acids is 2. The third kappa shape index (κ3) is 19.1. The van der Waals surface area contributed by atoms with Crippen LogP contribution in [-0.2, 0) is 9.59 Å². The van der Waals surface area contributed by atoms with Gasteiger partial charge in [0.25, 0.3) is 0 Å². The van der Waals surface area contributed by atoms with Gasteiger partial charge in [0.05, 0.1) is 12.6 Å². The van der Waals surface area contributed by atoms with Crippen molar-refractivity contribution in [1.29, 1.82) is 0 Å². The second-order valence-corrected chi connectivity index (χ2v) is 11.8. The highest BCUT2D eigenvalue weighted by Crippen LogP contribution is 2.25. The molecular weight excluding hydrogens is 440 g/mol.